The van der Waals surface area contributed by atoms with Crippen LogP contribution in [0, 0.1) is 5.92 Å². The van der Waals surface area contributed by atoms with Crippen LogP contribution < -0.4 is 15.8 Å². The lowest BCUT2D eigenvalue weighted by Crippen LogP contribution is -2.53. The second-order valence-corrected chi connectivity index (χ2v) is 6.72. The molecule has 1 aromatic rings. The normalized spacial score (nSPS) is 20.3. The lowest BCUT2D eigenvalue weighted by atomic mass is 9.94. The van der Waals surface area contributed by atoms with E-state index in [1.807, 2.05) is 0 Å². The first-order valence-electron chi connectivity index (χ1n) is 8.44. The second kappa shape index (κ2) is 7.68. The number of carbonyl (C=O) groups is 1. The van der Waals surface area contributed by atoms with Crippen molar-refractivity contribution < 1.29 is 9.53 Å². The van der Waals surface area contributed by atoms with Gasteiger partial charge in [0.15, 0.2) is 0 Å². The summed E-state index contributed by atoms with van der Waals surface area (Å²) in [6.07, 6.45) is 3.56. The number of anilines is 2. The Morgan fingerprint density at radius 1 is 1.39 bits per heavy atom. The van der Waals surface area contributed by atoms with Gasteiger partial charge in [-0.05, 0) is 44.4 Å². The minimum atomic E-state index is -0.132. The van der Waals surface area contributed by atoms with Crippen LogP contribution in [0.25, 0.3) is 0 Å². The van der Waals surface area contributed by atoms with Gasteiger partial charge in [0.1, 0.15) is 5.75 Å². The van der Waals surface area contributed by atoms with Gasteiger partial charge in [-0.25, -0.2) is 0 Å². The number of rotatable bonds is 5. The molecular formula is C18H29N3O2. The van der Waals surface area contributed by atoms with Gasteiger partial charge in [0.2, 0.25) is 5.91 Å². The number of piperidine rings is 1. The van der Waals surface area contributed by atoms with Gasteiger partial charge in [0.25, 0.3) is 0 Å². The zero-order valence-electron chi connectivity index (χ0n) is 14.6. The number of likely N-dealkylation sites (tertiary alicyclic amines) is 1. The van der Waals surface area contributed by atoms with Crippen LogP contribution in [0.5, 0.6) is 5.75 Å². The van der Waals surface area contributed by atoms with Crippen molar-refractivity contribution in [3.05, 3.63) is 18.2 Å². The Balaban J connectivity index is 2.18. The Morgan fingerprint density at radius 3 is 2.74 bits per heavy atom. The van der Waals surface area contributed by atoms with Crippen molar-refractivity contribution in [2.24, 2.45) is 5.92 Å². The summed E-state index contributed by atoms with van der Waals surface area (Å²) in [4.78, 5) is 15.3. The Kier molecular flexibility index (Phi) is 5.88. The molecule has 2 atom stereocenters. The first-order chi connectivity index (χ1) is 10.9. The van der Waals surface area contributed by atoms with Crippen LogP contribution in [0.15, 0.2) is 18.2 Å². The molecule has 1 aliphatic rings. The highest BCUT2D eigenvalue weighted by Gasteiger charge is 2.33. The van der Waals surface area contributed by atoms with E-state index in [1.54, 1.807) is 25.3 Å². The van der Waals surface area contributed by atoms with Crippen molar-refractivity contribution in [3.8, 4) is 5.75 Å². The van der Waals surface area contributed by atoms with Crippen molar-refractivity contribution in [1.82, 2.24) is 4.90 Å². The molecule has 5 nitrogen and oxygen atoms in total. The van der Waals surface area contributed by atoms with E-state index >= 15 is 0 Å². The largest absolute Gasteiger partial charge is 0.494 e. The van der Waals surface area contributed by atoms with Crippen molar-refractivity contribution in [3.63, 3.8) is 0 Å². The number of hydrogen-bond acceptors (Lipinski definition) is 4. The van der Waals surface area contributed by atoms with Crippen molar-refractivity contribution in [1.29, 1.82) is 0 Å². The lowest BCUT2D eigenvalue weighted by Gasteiger charge is -2.40. The minimum Gasteiger partial charge on any atom is -0.494 e. The molecule has 0 aromatic heterocycles. The SMILES string of the molecule is COc1cc(N)ccc1NC(=O)C(C(C)C)N1CCCCC1C. The Morgan fingerprint density at radius 2 is 2.13 bits per heavy atom. The maximum atomic E-state index is 12.9. The molecule has 1 saturated heterocycles. The van der Waals surface area contributed by atoms with E-state index in [4.69, 9.17) is 10.5 Å². The summed E-state index contributed by atoms with van der Waals surface area (Å²) >= 11 is 0. The number of nitrogens with one attached hydrogen (secondary N) is 1. The summed E-state index contributed by atoms with van der Waals surface area (Å²) in [7, 11) is 1.58. The molecule has 1 fully saturated rings. The molecule has 0 bridgehead atoms. The summed E-state index contributed by atoms with van der Waals surface area (Å²) in [5.41, 5.74) is 7.06. The van der Waals surface area contributed by atoms with E-state index in [2.05, 4.69) is 31.0 Å². The van der Waals surface area contributed by atoms with Crippen LogP contribution in [0.4, 0.5) is 11.4 Å². The van der Waals surface area contributed by atoms with Gasteiger partial charge in [0.05, 0.1) is 18.8 Å². The number of carbonyl (C=O) groups excluding carboxylic acids is 1. The summed E-state index contributed by atoms with van der Waals surface area (Å²) in [6, 6.07) is 5.60. The van der Waals surface area contributed by atoms with Crippen LogP contribution >= 0.6 is 0 Å². The predicted octanol–water partition coefficient (Wildman–Crippen LogP) is 3.11. The highest BCUT2D eigenvalue weighted by molar-refractivity contribution is 5.96. The number of ether oxygens (including phenoxy) is 1. The van der Waals surface area contributed by atoms with Crippen LogP contribution in [-0.4, -0.2) is 36.5 Å². The third-order valence-electron chi connectivity index (χ3n) is 4.60. The molecule has 1 aromatic carbocycles. The number of nitrogens with two attached hydrogens (primary N) is 1. The molecule has 23 heavy (non-hydrogen) atoms. The zero-order chi connectivity index (χ0) is 17.0. The quantitative estimate of drug-likeness (QED) is 0.818. The van der Waals surface area contributed by atoms with Gasteiger partial charge in [-0.2, -0.15) is 0 Å². The highest BCUT2D eigenvalue weighted by atomic mass is 16.5. The molecule has 1 heterocycles. The van der Waals surface area contributed by atoms with E-state index in [1.165, 1.54) is 6.42 Å². The van der Waals surface area contributed by atoms with Gasteiger partial charge >= 0.3 is 0 Å². The van der Waals surface area contributed by atoms with Crippen molar-refractivity contribution in [2.45, 2.75) is 52.1 Å². The molecular weight excluding hydrogens is 290 g/mol. The fraction of sp³-hybridized carbons (Fsp3) is 0.611. The number of nitrogens with zero attached hydrogens (tertiary/aromatic N) is 1. The van der Waals surface area contributed by atoms with Crippen LogP contribution in [0.2, 0.25) is 0 Å². The number of amides is 1. The number of hydrogen-bond donors (Lipinski definition) is 2. The second-order valence-electron chi connectivity index (χ2n) is 6.72. The van der Waals surface area contributed by atoms with E-state index in [-0.39, 0.29) is 17.9 Å². The minimum absolute atomic E-state index is 0.0248. The smallest absolute Gasteiger partial charge is 0.242 e. The fourth-order valence-electron chi connectivity index (χ4n) is 3.39. The Bertz CT molecular complexity index is 545. The number of methoxy groups -OCH3 is 1. The Hall–Kier alpha value is -1.75. The molecule has 5 heteroatoms. The topological polar surface area (TPSA) is 67.6 Å². The molecule has 128 valence electrons. The lowest BCUT2D eigenvalue weighted by molar-refractivity contribution is -0.124. The zero-order valence-corrected chi connectivity index (χ0v) is 14.6. The average Bonchev–Trinajstić information content (AvgIpc) is 2.51. The molecule has 3 N–H and O–H groups in total. The van der Waals surface area contributed by atoms with Gasteiger partial charge in [-0.3, -0.25) is 9.69 Å². The van der Waals surface area contributed by atoms with E-state index in [0.29, 0.717) is 23.2 Å². The summed E-state index contributed by atoms with van der Waals surface area (Å²) in [5.74, 6) is 0.861. The van der Waals surface area contributed by atoms with E-state index < -0.39 is 0 Å². The maximum Gasteiger partial charge on any atom is 0.242 e. The first kappa shape index (κ1) is 17.6. The average molecular weight is 319 g/mol. The summed E-state index contributed by atoms with van der Waals surface area (Å²) in [6.45, 7) is 7.40. The third kappa shape index (κ3) is 4.16. The third-order valence-corrected chi connectivity index (χ3v) is 4.60. The number of nitrogen functional groups attached to an aromatic ring is 1. The Labute approximate surface area is 139 Å². The molecule has 2 rings (SSSR count). The van der Waals surface area contributed by atoms with Crippen molar-refractivity contribution in [2.75, 3.05) is 24.7 Å². The number of benzene rings is 1. The first-order valence-corrected chi connectivity index (χ1v) is 8.44. The van der Waals surface area contributed by atoms with Gasteiger partial charge < -0.3 is 15.8 Å². The summed E-state index contributed by atoms with van der Waals surface area (Å²) in [5, 5.41) is 3.03. The molecule has 0 spiro atoms. The van der Waals surface area contributed by atoms with E-state index in [9.17, 15) is 4.79 Å². The van der Waals surface area contributed by atoms with Gasteiger partial charge in [-0.1, -0.05) is 20.3 Å². The predicted molar refractivity (Wildman–Crippen MR) is 94.7 cm³/mol. The van der Waals surface area contributed by atoms with Crippen LogP contribution in [-0.2, 0) is 4.79 Å². The molecule has 0 aliphatic carbocycles. The molecule has 0 saturated carbocycles. The molecule has 1 amide bonds. The monoisotopic (exact) mass is 319 g/mol. The standard InChI is InChI=1S/C18H29N3O2/c1-12(2)17(21-10-6-5-7-13(21)3)18(22)20-15-9-8-14(19)11-16(15)23-4/h8-9,11-13,17H,5-7,10,19H2,1-4H3,(H,20,22). The molecule has 0 radical (unpaired) electrons. The van der Waals surface area contributed by atoms with Gasteiger partial charge in [-0.15, -0.1) is 0 Å². The molecule has 1 aliphatic heterocycles. The fourth-order valence-corrected chi connectivity index (χ4v) is 3.39. The molecule has 2 unspecified atom stereocenters. The van der Waals surface area contributed by atoms with Crippen LogP contribution in [0.3, 0.4) is 0 Å². The van der Waals surface area contributed by atoms with E-state index in [0.717, 1.165) is 19.4 Å². The summed E-state index contributed by atoms with van der Waals surface area (Å²) < 4.78 is 5.33. The maximum absolute atomic E-state index is 12.9. The van der Waals surface area contributed by atoms with Crippen molar-refractivity contribution >= 4 is 17.3 Å². The highest BCUT2D eigenvalue weighted by Crippen LogP contribution is 2.29. The van der Waals surface area contributed by atoms with Crippen LogP contribution in [0.1, 0.15) is 40.0 Å². The van der Waals surface area contributed by atoms with Gasteiger partial charge in [0, 0.05) is 17.8 Å².